The third-order valence-electron chi connectivity index (χ3n) is 6.13. The maximum atomic E-state index is 14.7. The minimum Gasteiger partial charge on any atom is -0.373 e. The van der Waals surface area contributed by atoms with E-state index in [1.54, 1.807) is 0 Å². The first-order valence-electron chi connectivity index (χ1n) is 10.8. The highest BCUT2D eigenvalue weighted by Crippen LogP contribution is 2.40. The molecule has 1 aliphatic carbocycles. The van der Waals surface area contributed by atoms with Crippen LogP contribution in [0.25, 0.3) is 21.6 Å². The Morgan fingerprint density at radius 2 is 2.00 bits per heavy atom. The minimum absolute atomic E-state index is 0.0479. The second-order valence-electron chi connectivity index (χ2n) is 8.51. The highest BCUT2D eigenvalue weighted by Gasteiger charge is 2.31. The van der Waals surface area contributed by atoms with Gasteiger partial charge in [0.15, 0.2) is 5.65 Å². The number of hydrogen-bond acceptors (Lipinski definition) is 6. The summed E-state index contributed by atoms with van der Waals surface area (Å²) in [4.78, 5) is 14.1. The van der Waals surface area contributed by atoms with Gasteiger partial charge in [-0.2, -0.15) is 5.10 Å². The molecule has 2 atom stereocenters. The van der Waals surface area contributed by atoms with Gasteiger partial charge >= 0.3 is 0 Å². The Labute approximate surface area is 187 Å². The third-order valence-corrected chi connectivity index (χ3v) is 7.09. The lowest BCUT2D eigenvalue weighted by Gasteiger charge is -2.28. The monoisotopic (exact) mass is 453 g/mol. The van der Waals surface area contributed by atoms with Crippen LogP contribution >= 0.6 is 11.3 Å². The Morgan fingerprint density at radius 3 is 2.81 bits per heavy atom. The Bertz CT molecular complexity index is 1320. The molecule has 1 saturated heterocycles. The Morgan fingerprint density at radius 1 is 1.12 bits per heavy atom. The number of halogens is 2. The summed E-state index contributed by atoms with van der Waals surface area (Å²) < 4.78 is 36.9. The van der Waals surface area contributed by atoms with E-state index in [1.165, 1.54) is 36.3 Å². The summed E-state index contributed by atoms with van der Waals surface area (Å²) in [6.07, 6.45) is 7.74. The summed E-state index contributed by atoms with van der Waals surface area (Å²) in [5.41, 5.74) is 2.36. The van der Waals surface area contributed by atoms with E-state index in [2.05, 4.69) is 16.3 Å². The van der Waals surface area contributed by atoms with Crippen molar-refractivity contribution in [2.24, 2.45) is 0 Å². The fraction of sp³-hybridized carbons (Fsp3) is 0.391. The molecule has 1 saturated carbocycles. The number of ether oxygens (including phenoxy) is 1. The van der Waals surface area contributed by atoms with E-state index in [-0.39, 0.29) is 17.6 Å². The number of rotatable bonds is 4. The fourth-order valence-corrected chi connectivity index (χ4v) is 5.18. The molecule has 0 unspecified atom stereocenters. The van der Waals surface area contributed by atoms with Gasteiger partial charge in [-0.25, -0.2) is 23.7 Å². The number of fused-ring (bicyclic) bond motifs is 1. The highest BCUT2D eigenvalue weighted by molar-refractivity contribution is 7.19. The second kappa shape index (κ2) is 7.67. The van der Waals surface area contributed by atoms with Gasteiger partial charge in [-0.15, -0.1) is 11.3 Å². The lowest BCUT2D eigenvalue weighted by Crippen LogP contribution is -2.20. The molecular weight excluding hydrogens is 432 g/mol. The van der Waals surface area contributed by atoms with Crippen LogP contribution in [0.1, 0.15) is 60.1 Å². The third kappa shape index (κ3) is 3.59. The standard InChI is InChI=1S/C23H21F2N5OS/c1-12-27-23-21(32-12)20(17-5-2-15(24)9-18(17)25)28-22(29-23)13-6-7-31-19(8-13)14-10-26-30(11-14)16-3-4-16/h2,5,9-11,13,16,19H,3-4,6-8H2,1H3/t13-,19-/m1/s1. The van der Waals surface area contributed by atoms with Gasteiger partial charge in [0.05, 0.1) is 29.0 Å². The fourth-order valence-electron chi connectivity index (χ4n) is 4.31. The van der Waals surface area contributed by atoms with Crippen molar-refractivity contribution >= 4 is 21.7 Å². The molecule has 6 nitrogen and oxygen atoms in total. The second-order valence-corrected chi connectivity index (χ2v) is 9.71. The van der Waals surface area contributed by atoms with Crippen LogP contribution in [-0.4, -0.2) is 31.3 Å². The van der Waals surface area contributed by atoms with Gasteiger partial charge in [-0.05, 0) is 44.7 Å². The first-order chi connectivity index (χ1) is 15.5. The van der Waals surface area contributed by atoms with Gasteiger partial charge in [0.25, 0.3) is 0 Å². The quantitative estimate of drug-likeness (QED) is 0.408. The molecule has 1 aromatic carbocycles. The molecule has 0 spiro atoms. The van der Waals surface area contributed by atoms with Crippen molar-refractivity contribution in [3.63, 3.8) is 0 Å². The van der Waals surface area contributed by atoms with Gasteiger partial charge in [0.1, 0.15) is 22.2 Å². The first kappa shape index (κ1) is 19.9. The average Bonchev–Trinajstić information content (AvgIpc) is 3.38. The molecule has 32 heavy (non-hydrogen) atoms. The smallest absolute Gasteiger partial charge is 0.174 e. The molecule has 1 aliphatic heterocycles. The van der Waals surface area contributed by atoms with Crippen LogP contribution in [0.5, 0.6) is 0 Å². The van der Waals surface area contributed by atoms with Crippen LogP contribution < -0.4 is 0 Å². The van der Waals surface area contributed by atoms with Crippen molar-refractivity contribution in [1.29, 1.82) is 0 Å². The molecular formula is C23H21F2N5OS. The zero-order valence-electron chi connectivity index (χ0n) is 17.5. The molecule has 6 rings (SSSR count). The largest absolute Gasteiger partial charge is 0.373 e. The van der Waals surface area contributed by atoms with Crippen LogP contribution in [0, 0.1) is 18.6 Å². The van der Waals surface area contributed by atoms with Gasteiger partial charge in [0, 0.05) is 35.9 Å². The summed E-state index contributed by atoms with van der Waals surface area (Å²) in [5.74, 6) is -0.577. The molecule has 0 N–H and O–H groups in total. The lowest BCUT2D eigenvalue weighted by atomic mass is 9.92. The normalized spacial score (nSPS) is 21.3. The van der Waals surface area contributed by atoms with Crippen molar-refractivity contribution < 1.29 is 13.5 Å². The maximum absolute atomic E-state index is 14.7. The highest BCUT2D eigenvalue weighted by atomic mass is 32.1. The summed E-state index contributed by atoms with van der Waals surface area (Å²) in [7, 11) is 0. The van der Waals surface area contributed by atoms with Crippen molar-refractivity contribution in [3.05, 3.63) is 58.6 Å². The Hall–Kier alpha value is -2.78. The van der Waals surface area contributed by atoms with E-state index >= 15 is 0 Å². The minimum atomic E-state index is -0.639. The van der Waals surface area contributed by atoms with Crippen LogP contribution in [0.2, 0.25) is 0 Å². The van der Waals surface area contributed by atoms with Crippen molar-refractivity contribution in [2.45, 2.75) is 50.7 Å². The predicted molar refractivity (Wildman–Crippen MR) is 116 cm³/mol. The van der Waals surface area contributed by atoms with Crippen LogP contribution in [0.4, 0.5) is 8.78 Å². The molecule has 3 aromatic heterocycles. The van der Waals surface area contributed by atoms with Gasteiger partial charge in [-0.1, -0.05) is 0 Å². The summed E-state index contributed by atoms with van der Waals surface area (Å²) in [6, 6.07) is 4.10. The lowest BCUT2D eigenvalue weighted by molar-refractivity contribution is 0.00396. The van der Waals surface area contributed by atoms with Gasteiger partial charge in [-0.3, -0.25) is 4.68 Å². The van der Waals surface area contributed by atoms with Crippen molar-refractivity contribution in [2.75, 3.05) is 6.61 Å². The summed E-state index contributed by atoms with van der Waals surface area (Å²) >= 11 is 1.42. The van der Waals surface area contributed by atoms with E-state index in [0.29, 0.717) is 34.5 Å². The number of aromatic nitrogens is 5. The van der Waals surface area contributed by atoms with Crippen molar-refractivity contribution in [3.8, 4) is 11.3 Å². The zero-order valence-corrected chi connectivity index (χ0v) is 18.3. The van der Waals surface area contributed by atoms with E-state index < -0.39 is 11.6 Å². The van der Waals surface area contributed by atoms with Crippen molar-refractivity contribution in [1.82, 2.24) is 24.7 Å². The Kier molecular flexibility index (Phi) is 4.76. The molecule has 4 heterocycles. The average molecular weight is 454 g/mol. The van der Waals surface area contributed by atoms with Crippen LogP contribution in [0.3, 0.4) is 0 Å². The van der Waals surface area contributed by atoms with E-state index in [1.807, 2.05) is 17.8 Å². The molecule has 0 bridgehead atoms. The van der Waals surface area contributed by atoms with E-state index in [4.69, 9.17) is 14.7 Å². The summed E-state index contributed by atoms with van der Waals surface area (Å²) in [5, 5.41) is 5.32. The number of thiazole rings is 1. The SMILES string of the molecule is Cc1nc2nc([C@@H]3CCO[C@@H](c4cnn(C5CC5)c4)C3)nc(-c3ccc(F)cc3F)c2s1. The molecule has 2 aliphatic rings. The number of nitrogens with zero attached hydrogens (tertiary/aromatic N) is 5. The van der Waals surface area contributed by atoms with E-state index in [0.717, 1.165) is 29.5 Å². The molecule has 0 amide bonds. The maximum Gasteiger partial charge on any atom is 0.174 e. The molecule has 0 radical (unpaired) electrons. The molecule has 2 fully saturated rings. The van der Waals surface area contributed by atoms with Gasteiger partial charge < -0.3 is 4.74 Å². The molecule has 4 aromatic rings. The first-order valence-corrected chi connectivity index (χ1v) is 11.6. The molecule has 9 heteroatoms. The van der Waals surface area contributed by atoms with Crippen LogP contribution in [0.15, 0.2) is 30.6 Å². The van der Waals surface area contributed by atoms with Gasteiger partial charge in [0.2, 0.25) is 0 Å². The van der Waals surface area contributed by atoms with E-state index in [9.17, 15) is 8.78 Å². The predicted octanol–water partition coefficient (Wildman–Crippen LogP) is 5.51. The number of aryl methyl sites for hydroxylation is 1. The van der Waals surface area contributed by atoms with Crippen LogP contribution in [-0.2, 0) is 4.74 Å². The molecule has 164 valence electrons. The number of benzene rings is 1. The summed E-state index contributed by atoms with van der Waals surface area (Å²) in [6.45, 7) is 2.47. The Balaban J connectivity index is 1.37. The number of hydrogen-bond donors (Lipinski definition) is 0. The topological polar surface area (TPSA) is 65.7 Å². The zero-order chi connectivity index (χ0) is 21.8.